The molecule has 1 fully saturated rings. The van der Waals surface area contributed by atoms with Crippen molar-refractivity contribution in [2.24, 2.45) is 0 Å². The largest absolute Gasteiger partial charge is 0.394 e. The number of halogens is 2. The lowest BCUT2D eigenvalue weighted by Crippen LogP contribution is -2.37. The van der Waals surface area contributed by atoms with Gasteiger partial charge >= 0.3 is 0 Å². The predicted octanol–water partition coefficient (Wildman–Crippen LogP) is 2.06. The molecule has 0 spiro atoms. The third-order valence-corrected chi connectivity index (χ3v) is 4.09. The molecule has 1 aromatic heterocycles. The van der Waals surface area contributed by atoms with Crippen LogP contribution in [0.4, 0.5) is 8.78 Å². The fraction of sp³-hybridized carbons (Fsp3) is 0.375. The predicted molar refractivity (Wildman–Crippen MR) is 79.4 cm³/mol. The molecule has 3 rings (SSSR count). The molecule has 0 aliphatic carbocycles. The summed E-state index contributed by atoms with van der Waals surface area (Å²) in [5.41, 5.74) is 0.841. The first-order valence-corrected chi connectivity index (χ1v) is 7.45. The summed E-state index contributed by atoms with van der Waals surface area (Å²) in [7, 11) is 0. The molecule has 7 heteroatoms. The fourth-order valence-corrected chi connectivity index (χ4v) is 2.92. The van der Waals surface area contributed by atoms with Crippen molar-refractivity contribution in [1.82, 2.24) is 14.7 Å². The standard InChI is InChI=1S/C16H17F2N3O2/c1-10-7-14(16(23)20-6-2-3-12(20)9-22)19-21(10)15-5-4-11(17)8-13(15)18/h4-5,7-8,12,22H,2-3,6,9H2,1H3/t12-/m1/s1. The van der Waals surface area contributed by atoms with E-state index in [1.165, 1.54) is 10.7 Å². The molecule has 2 aromatic rings. The highest BCUT2D eigenvalue weighted by atomic mass is 19.1. The molecular weight excluding hydrogens is 304 g/mol. The molecule has 1 atom stereocenters. The molecule has 0 radical (unpaired) electrons. The van der Waals surface area contributed by atoms with Crippen molar-refractivity contribution in [3.8, 4) is 5.69 Å². The van der Waals surface area contributed by atoms with Gasteiger partial charge in [-0.3, -0.25) is 4.79 Å². The van der Waals surface area contributed by atoms with Crippen molar-refractivity contribution in [3.05, 3.63) is 47.3 Å². The number of aliphatic hydroxyl groups is 1. The second-order valence-electron chi connectivity index (χ2n) is 5.66. The first-order chi connectivity index (χ1) is 11.0. The van der Waals surface area contributed by atoms with Crippen LogP contribution >= 0.6 is 0 Å². The maximum Gasteiger partial charge on any atom is 0.274 e. The zero-order valence-electron chi connectivity index (χ0n) is 12.7. The quantitative estimate of drug-likeness (QED) is 0.941. The Balaban J connectivity index is 1.93. The number of carbonyl (C=O) groups is 1. The maximum atomic E-state index is 13.9. The Hall–Kier alpha value is -2.28. The van der Waals surface area contributed by atoms with Crippen LogP contribution in [0.5, 0.6) is 0 Å². The summed E-state index contributed by atoms with van der Waals surface area (Å²) in [5.74, 6) is -1.70. The van der Waals surface area contributed by atoms with Crippen molar-refractivity contribution in [1.29, 1.82) is 0 Å². The Morgan fingerprint density at radius 2 is 2.17 bits per heavy atom. The molecule has 1 aliphatic heterocycles. The van der Waals surface area contributed by atoms with Gasteiger partial charge in [0, 0.05) is 18.3 Å². The van der Waals surface area contributed by atoms with Gasteiger partial charge in [-0.1, -0.05) is 0 Å². The van der Waals surface area contributed by atoms with E-state index in [9.17, 15) is 18.7 Å². The van der Waals surface area contributed by atoms with E-state index in [1.807, 2.05) is 0 Å². The summed E-state index contributed by atoms with van der Waals surface area (Å²) in [4.78, 5) is 14.1. The summed E-state index contributed by atoms with van der Waals surface area (Å²) >= 11 is 0. The van der Waals surface area contributed by atoms with Crippen molar-refractivity contribution < 1.29 is 18.7 Å². The van der Waals surface area contributed by atoms with Crippen molar-refractivity contribution in [3.63, 3.8) is 0 Å². The number of rotatable bonds is 3. The maximum absolute atomic E-state index is 13.9. The molecule has 0 saturated carbocycles. The molecule has 23 heavy (non-hydrogen) atoms. The third kappa shape index (κ3) is 2.84. The highest BCUT2D eigenvalue weighted by molar-refractivity contribution is 5.93. The SMILES string of the molecule is Cc1cc(C(=O)N2CCC[C@@H]2CO)nn1-c1ccc(F)cc1F. The number of nitrogens with zero attached hydrogens (tertiary/aromatic N) is 3. The number of aliphatic hydroxyl groups excluding tert-OH is 1. The number of benzene rings is 1. The van der Waals surface area contributed by atoms with E-state index in [0.717, 1.165) is 25.0 Å². The summed E-state index contributed by atoms with van der Waals surface area (Å²) < 4.78 is 28.2. The molecule has 1 N–H and O–H groups in total. The number of carbonyl (C=O) groups excluding carboxylic acids is 1. The van der Waals surface area contributed by atoms with Crippen molar-refractivity contribution in [2.75, 3.05) is 13.2 Å². The van der Waals surface area contributed by atoms with Gasteiger partial charge < -0.3 is 10.0 Å². The second kappa shape index (κ2) is 6.08. The second-order valence-corrected chi connectivity index (χ2v) is 5.66. The smallest absolute Gasteiger partial charge is 0.274 e. The van der Waals surface area contributed by atoms with Crippen LogP contribution in [0.3, 0.4) is 0 Å². The van der Waals surface area contributed by atoms with Crippen LogP contribution in [0.2, 0.25) is 0 Å². The van der Waals surface area contributed by atoms with Crippen LogP contribution in [0, 0.1) is 18.6 Å². The minimum Gasteiger partial charge on any atom is -0.394 e. The van der Waals surface area contributed by atoms with Crippen LogP contribution < -0.4 is 0 Å². The van der Waals surface area contributed by atoms with Crippen LogP contribution in [-0.4, -0.2) is 44.9 Å². The molecular formula is C16H17F2N3O2. The molecule has 1 aliphatic rings. The molecule has 0 bridgehead atoms. The van der Waals surface area contributed by atoms with Crippen LogP contribution in [0.1, 0.15) is 29.0 Å². The Bertz CT molecular complexity index is 745. The Labute approximate surface area is 132 Å². The number of aryl methyl sites for hydroxylation is 1. The zero-order valence-corrected chi connectivity index (χ0v) is 12.7. The third-order valence-electron chi connectivity index (χ3n) is 4.09. The van der Waals surface area contributed by atoms with Crippen LogP contribution in [0.25, 0.3) is 5.69 Å². The van der Waals surface area contributed by atoms with Crippen molar-refractivity contribution in [2.45, 2.75) is 25.8 Å². The lowest BCUT2D eigenvalue weighted by Gasteiger charge is -2.21. The molecule has 2 heterocycles. The summed E-state index contributed by atoms with van der Waals surface area (Å²) in [6.45, 7) is 2.18. The molecule has 1 aromatic carbocycles. The van der Waals surface area contributed by atoms with Gasteiger partial charge in [0.15, 0.2) is 11.5 Å². The summed E-state index contributed by atoms with van der Waals surface area (Å²) in [6.07, 6.45) is 1.60. The highest BCUT2D eigenvalue weighted by Gasteiger charge is 2.30. The average Bonchev–Trinajstić information content (AvgIpc) is 3.13. The van der Waals surface area contributed by atoms with Crippen LogP contribution in [0.15, 0.2) is 24.3 Å². The first kappa shape index (κ1) is 15.6. The van der Waals surface area contributed by atoms with E-state index < -0.39 is 11.6 Å². The van der Waals surface area contributed by atoms with Crippen LogP contribution in [-0.2, 0) is 0 Å². The summed E-state index contributed by atoms with van der Waals surface area (Å²) in [5, 5.41) is 13.5. The van der Waals surface area contributed by atoms with Gasteiger partial charge in [0.05, 0.1) is 12.6 Å². The fourth-order valence-electron chi connectivity index (χ4n) is 2.92. The lowest BCUT2D eigenvalue weighted by molar-refractivity contribution is 0.0671. The van der Waals surface area contributed by atoms with Gasteiger partial charge in [0.25, 0.3) is 5.91 Å². The van der Waals surface area contributed by atoms with Crippen molar-refractivity contribution >= 4 is 5.91 Å². The van der Waals surface area contributed by atoms with E-state index in [0.29, 0.717) is 12.2 Å². The normalized spacial score (nSPS) is 17.7. The van der Waals surface area contributed by atoms with E-state index in [2.05, 4.69) is 5.10 Å². The monoisotopic (exact) mass is 321 g/mol. The van der Waals surface area contributed by atoms with E-state index >= 15 is 0 Å². The van der Waals surface area contributed by atoms with Gasteiger partial charge in [-0.15, -0.1) is 0 Å². The van der Waals surface area contributed by atoms with E-state index in [1.54, 1.807) is 17.9 Å². The Kier molecular flexibility index (Phi) is 4.12. The minimum absolute atomic E-state index is 0.0853. The molecule has 0 unspecified atom stereocenters. The number of aromatic nitrogens is 2. The molecule has 1 amide bonds. The number of hydrogen-bond acceptors (Lipinski definition) is 3. The number of amides is 1. The number of likely N-dealkylation sites (tertiary alicyclic amines) is 1. The number of hydrogen-bond donors (Lipinski definition) is 1. The van der Waals surface area contributed by atoms with E-state index in [-0.39, 0.29) is 29.9 Å². The topological polar surface area (TPSA) is 58.4 Å². The van der Waals surface area contributed by atoms with Gasteiger partial charge in [-0.05, 0) is 38.0 Å². The molecule has 122 valence electrons. The Morgan fingerprint density at radius 1 is 1.39 bits per heavy atom. The van der Waals surface area contributed by atoms with Gasteiger partial charge in [0.2, 0.25) is 0 Å². The zero-order chi connectivity index (χ0) is 16.6. The first-order valence-electron chi connectivity index (χ1n) is 7.45. The van der Waals surface area contributed by atoms with Gasteiger partial charge in [-0.25, -0.2) is 13.5 Å². The van der Waals surface area contributed by atoms with Gasteiger partial charge in [0.1, 0.15) is 11.5 Å². The lowest BCUT2D eigenvalue weighted by atomic mass is 10.2. The molecule has 5 nitrogen and oxygen atoms in total. The minimum atomic E-state index is -0.746. The Morgan fingerprint density at radius 3 is 2.87 bits per heavy atom. The molecule has 1 saturated heterocycles. The highest BCUT2D eigenvalue weighted by Crippen LogP contribution is 2.21. The summed E-state index contributed by atoms with van der Waals surface area (Å²) in [6, 6.07) is 4.57. The van der Waals surface area contributed by atoms with E-state index in [4.69, 9.17) is 0 Å². The average molecular weight is 321 g/mol. The van der Waals surface area contributed by atoms with Gasteiger partial charge in [-0.2, -0.15) is 5.10 Å².